The third-order valence-corrected chi connectivity index (χ3v) is 29.0. The molecule has 3 nitrogen and oxygen atoms in total. The van der Waals surface area contributed by atoms with E-state index in [9.17, 15) is 0 Å². The molecule has 0 spiro atoms. The fourth-order valence-corrected chi connectivity index (χ4v) is 22.8. The van der Waals surface area contributed by atoms with Gasteiger partial charge >= 0.3 is 195 Å². The van der Waals surface area contributed by atoms with E-state index in [-0.39, 0.29) is 5.04 Å². The van der Waals surface area contributed by atoms with Crippen LogP contribution < -0.4 is 0 Å². The molecule has 0 aromatic rings. The van der Waals surface area contributed by atoms with Crippen LogP contribution in [-0.2, 0) is 13.9 Å². The molecule has 0 aliphatic carbocycles. The van der Waals surface area contributed by atoms with E-state index in [0.29, 0.717) is 22.9 Å². The van der Waals surface area contributed by atoms with Gasteiger partial charge in [0.15, 0.2) is 0 Å². The zero-order valence-corrected chi connectivity index (χ0v) is 25.8. The summed E-state index contributed by atoms with van der Waals surface area (Å²) in [6, 6.07) is 0. The number of rotatable bonds is 14. The molecule has 1 rings (SSSR count). The first-order chi connectivity index (χ1) is 14.0. The van der Waals surface area contributed by atoms with Crippen molar-refractivity contribution in [1.29, 1.82) is 0 Å². The summed E-state index contributed by atoms with van der Waals surface area (Å²) in [5.74, 6) is 0.443. The van der Waals surface area contributed by atoms with Crippen LogP contribution in [-0.4, -0.2) is 50.3 Å². The minimum absolute atomic E-state index is 0.262. The summed E-state index contributed by atoms with van der Waals surface area (Å²) in [6.07, 6.45) is 9.59. The first-order valence-corrected chi connectivity index (χ1v) is 23.5. The summed E-state index contributed by atoms with van der Waals surface area (Å²) in [5.41, 5.74) is 0. The molecule has 0 saturated carbocycles. The van der Waals surface area contributed by atoms with Crippen LogP contribution in [0.1, 0.15) is 93.4 Å². The maximum absolute atomic E-state index is 6.56. The summed E-state index contributed by atoms with van der Waals surface area (Å²) in [4.78, 5) is 0. The molecule has 0 aromatic carbocycles. The van der Waals surface area contributed by atoms with Crippen LogP contribution in [0.25, 0.3) is 0 Å². The fraction of sp³-hybridized carbons (Fsp3) is 1.00. The Bertz CT molecular complexity index is 442. The first kappa shape index (κ1) is 28.9. The van der Waals surface area contributed by atoms with Crippen LogP contribution >= 0.6 is 0 Å². The molecule has 1 heterocycles. The second-order valence-electron chi connectivity index (χ2n) is 11.4. The van der Waals surface area contributed by atoms with Crippen molar-refractivity contribution in [1.82, 2.24) is 0 Å². The number of ether oxygens (including phenoxy) is 2. The Morgan fingerprint density at radius 1 is 0.933 bits per heavy atom. The van der Waals surface area contributed by atoms with E-state index < -0.39 is 26.7 Å². The van der Waals surface area contributed by atoms with E-state index in [4.69, 9.17) is 13.9 Å². The van der Waals surface area contributed by atoms with Crippen LogP contribution in [0.4, 0.5) is 0 Å². The van der Waals surface area contributed by atoms with Crippen molar-refractivity contribution in [2.24, 2.45) is 5.92 Å². The third-order valence-electron chi connectivity index (χ3n) is 7.91. The Hall–Kier alpha value is 0.896. The third kappa shape index (κ3) is 8.68. The molecule has 1 saturated heterocycles. The van der Waals surface area contributed by atoms with Crippen LogP contribution in [0, 0.1) is 5.92 Å². The number of hydrogen-bond donors (Lipinski definition) is 0. The van der Waals surface area contributed by atoms with Gasteiger partial charge < -0.3 is 0 Å². The van der Waals surface area contributed by atoms with Gasteiger partial charge in [0.2, 0.25) is 0 Å². The fourth-order valence-electron chi connectivity index (χ4n) is 4.49. The van der Waals surface area contributed by atoms with Crippen molar-refractivity contribution in [3.63, 3.8) is 0 Å². The molecule has 1 aliphatic heterocycles. The maximum atomic E-state index is 6.56. The predicted molar refractivity (Wildman–Crippen MR) is 136 cm³/mol. The van der Waals surface area contributed by atoms with E-state index in [2.05, 4.69) is 61.6 Å². The van der Waals surface area contributed by atoms with Crippen molar-refractivity contribution in [2.75, 3.05) is 13.4 Å². The second kappa shape index (κ2) is 13.6. The molecule has 0 amide bonds. The molecular weight excluding hydrogens is 495 g/mol. The van der Waals surface area contributed by atoms with Gasteiger partial charge in [0.25, 0.3) is 0 Å². The van der Waals surface area contributed by atoms with Crippen molar-refractivity contribution in [3.8, 4) is 0 Å². The van der Waals surface area contributed by atoms with Gasteiger partial charge in [0.05, 0.1) is 0 Å². The minimum atomic E-state index is -2.39. The van der Waals surface area contributed by atoms with E-state index in [1.54, 1.807) is 0 Å². The molecule has 0 aromatic heterocycles. The Kier molecular flexibility index (Phi) is 13.1. The van der Waals surface area contributed by atoms with E-state index in [0.717, 1.165) is 13.0 Å². The summed E-state index contributed by atoms with van der Waals surface area (Å²) >= 11 is -2.39. The summed E-state index contributed by atoms with van der Waals surface area (Å²) < 4.78 is 24.3. The molecule has 0 N–H and O–H groups in total. The summed E-state index contributed by atoms with van der Waals surface area (Å²) in [6.45, 7) is 22.4. The van der Waals surface area contributed by atoms with E-state index >= 15 is 0 Å². The Labute approximate surface area is 194 Å². The van der Waals surface area contributed by atoms with Crippen molar-refractivity contribution < 1.29 is 13.9 Å². The van der Waals surface area contributed by atoms with Crippen molar-refractivity contribution >= 4 is 26.7 Å². The van der Waals surface area contributed by atoms with Crippen LogP contribution in [0.2, 0.25) is 31.4 Å². The SMILES string of the molecule is CCC[CH2][Sn]([CH2]CCC)([CH2]CCC)[C@H]1C[C@@H]([C@H](C)CO[Si](C)(C)C(C)(C)C)OCO1. The van der Waals surface area contributed by atoms with E-state index in [1.807, 2.05) is 0 Å². The monoisotopic (exact) mass is 550 g/mol. The Morgan fingerprint density at radius 2 is 1.43 bits per heavy atom. The van der Waals surface area contributed by atoms with Gasteiger partial charge in [-0.3, -0.25) is 0 Å². The predicted octanol–water partition coefficient (Wildman–Crippen LogP) is 8.16. The van der Waals surface area contributed by atoms with Gasteiger partial charge in [-0.15, -0.1) is 0 Å². The van der Waals surface area contributed by atoms with Crippen LogP contribution in [0.3, 0.4) is 0 Å². The Morgan fingerprint density at radius 3 is 1.87 bits per heavy atom. The molecule has 5 heteroatoms. The summed E-state index contributed by atoms with van der Waals surface area (Å²) in [5, 5.41) is 0.262. The molecule has 1 aliphatic rings. The van der Waals surface area contributed by atoms with Crippen LogP contribution in [0.5, 0.6) is 0 Å². The summed E-state index contributed by atoms with van der Waals surface area (Å²) in [7, 11) is -1.71. The normalized spacial score (nSPS) is 22.3. The zero-order valence-electron chi connectivity index (χ0n) is 21.9. The van der Waals surface area contributed by atoms with Crippen LogP contribution in [0.15, 0.2) is 0 Å². The molecule has 3 atom stereocenters. The molecule has 30 heavy (non-hydrogen) atoms. The molecule has 0 radical (unpaired) electrons. The van der Waals surface area contributed by atoms with Gasteiger partial charge in [-0.2, -0.15) is 0 Å². The molecular formula is C25H54O3SiSn. The first-order valence-electron chi connectivity index (χ1n) is 12.9. The molecule has 180 valence electrons. The topological polar surface area (TPSA) is 27.7 Å². The zero-order chi connectivity index (χ0) is 22.8. The molecule has 0 unspecified atom stereocenters. The standard InChI is InChI=1S/C13H27O3Si.3C4H9.Sn/c1-11(12-7-8-14-10-15-12)9-16-17(5,6)13(2,3)4;3*1-3-4-2;/h8,11-12H,7,9-10H2,1-6H3;3*1,3-4H2,2H3;/t11-,12+;;;;/m1..../s1. The van der Waals surface area contributed by atoms with E-state index in [1.165, 1.54) is 51.8 Å². The molecule has 0 bridgehead atoms. The quantitative estimate of drug-likeness (QED) is 0.205. The van der Waals surface area contributed by atoms with Gasteiger partial charge in [-0.1, -0.05) is 0 Å². The van der Waals surface area contributed by atoms with Gasteiger partial charge in [-0.25, -0.2) is 0 Å². The average Bonchev–Trinajstić information content (AvgIpc) is 2.71. The van der Waals surface area contributed by atoms with Crippen molar-refractivity contribution in [2.45, 2.75) is 135 Å². The van der Waals surface area contributed by atoms with Crippen molar-refractivity contribution in [3.05, 3.63) is 0 Å². The average molecular weight is 550 g/mol. The number of hydrogen-bond acceptors (Lipinski definition) is 3. The van der Waals surface area contributed by atoms with Gasteiger partial charge in [-0.05, 0) is 0 Å². The number of unbranched alkanes of at least 4 members (excludes halogenated alkanes) is 3. The molecule has 1 fully saturated rings. The van der Waals surface area contributed by atoms with Gasteiger partial charge in [0.1, 0.15) is 0 Å². The second-order valence-corrected chi connectivity index (χ2v) is 30.1. The van der Waals surface area contributed by atoms with Gasteiger partial charge in [0, 0.05) is 0 Å². The Balaban J connectivity index is 2.87.